The summed E-state index contributed by atoms with van der Waals surface area (Å²) >= 11 is 0. The van der Waals surface area contributed by atoms with Crippen LogP contribution in [-0.2, 0) is 4.79 Å². The van der Waals surface area contributed by atoms with Crippen molar-refractivity contribution in [2.24, 2.45) is 0 Å². The molecule has 0 radical (unpaired) electrons. The first-order chi connectivity index (χ1) is 13.0. The second-order valence-corrected chi connectivity index (χ2v) is 6.96. The van der Waals surface area contributed by atoms with E-state index in [1.807, 2.05) is 0 Å². The number of carbonyl (C=O) groups is 2. The summed E-state index contributed by atoms with van der Waals surface area (Å²) in [6.07, 6.45) is 5.00. The highest BCUT2D eigenvalue weighted by Gasteiger charge is 2.20. The van der Waals surface area contributed by atoms with Crippen LogP contribution < -0.4 is 10.1 Å². The first kappa shape index (κ1) is 19.1. The van der Waals surface area contributed by atoms with Crippen LogP contribution in [0.2, 0.25) is 0 Å². The normalized spacial score (nSPS) is 15.8. The number of hydrogen-bond donors (Lipinski definition) is 1. The molecule has 0 bridgehead atoms. The summed E-state index contributed by atoms with van der Waals surface area (Å²) < 4.78 is 18.7. The van der Waals surface area contributed by atoms with Gasteiger partial charge in [-0.3, -0.25) is 9.59 Å². The first-order valence-corrected chi connectivity index (χ1v) is 9.40. The second-order valence-electron chi connectivity index (χ2n) is 6.96. The average molecular weight is 369 g/mol. The lowest BCUT2D eigenvalue weighted by Crippen LogP contribution is -2.43. The summed E-state index contributed by atoms with van der Waals surface area (Å²) in [5.74, 6) is -0.161. The SMILES string of the molecule is C[C@H](Oc1ccc(C(=O)c2ccc(F)cc2)cc1)C(=O)NC1CCCCC1. The Balaban J connectivity index is 1.57. The van der Waals surface area contributed by atoms with Crippen molar-refractivity contribution in [2.45, 2.75) is 51.2 Å². The molecule has 5 heteroatoms. The van der Waals surface area contributed by atoms with Crippen LogP contribution in [0.3, 0.4) is 0 Å². The maximum atomic E-state index is 13.0. The highest BCUT2D eigenvalue weighted by molar-refractivity contribution is 6.09. The molecule has 2 aromatic rings. The minimum atomic E-state index is -0.606. The first-order valence-electron chi connectivity index (χ1n) is 9.40. The number of ether oxygens (including phenoxy) is 1. The Labute approximate surface area is 158 Å². The van der Waals surface area contributed by atoms with Crippen LogP contribution in [0, 0.1) is 5.82 Å². The molecule has 27 heavy (non-hydrogen) atoms. The summed E-state index contributed by atoms with van der Waals surface area (Å²) in [7, 11) is 0. The van der Waals surface area contributed by atoms with Gasteiger partial charge in [0.25, 0.3) is 5.91 Å². The lowest BCUT2D eigenvalue weighted by molar-refractivity contribution is -0.128. The Hall–Kier alpha value is -2.69. The predicted octanol–water partition coefficient (Wildman–Crippen LogP) is 4.27. The van der Waals surface area contributed by atoms with Gasteiger partial charge in [0, 0.05) is 17.2 Å². The van der Waals surface area contributed by atoms with E-state index in [4.69, 9.17) is 4.74 Å². The summed E-state index contributed by atoms with van der Waals surface area (Å²) in [5.41, 5.74) is 0.901. The van der Waals surface area contributed by atoms with Crippen LogP contribution >= 0.6 is 0 Å². The Morgan fingerprint density at radius 1 is 0.963 bits per heavy atom. The van der Waals surface area contributed by atoms with E-state index in [-0.39, 0.29) is 23.5 Å². The van der Waals surface area contributed by atoms with E-state index in [2.05, 4.69) is 5.32 Å². The molecule has 1 atom stereocenters. The molecule has 142 valence electrons. The molecule has 0 saturated heterocycles. The zero-order valence-corrected chi connectivity index (χ0v) is 15.4. The smallest absolute Gasteiger partial charge is 0.260 e. The van der Waals surface area contributed by atoms with Crippen molar-refractivity contribution >= 4 is 11.7 Å². The molecule has 0 spiro atoms. The van der Waals surface area contributed by atoms with Crippen molar-refractivity contribution in [1.82, 2.24) is 5.32 Å². The number of nitrogens with one attached hydrogen (secondary N) is 1. The molecule has 0 unspecified atom stereocenters. The van der Waals surface area contributed by atoms with Crippen molar-refractivity contribution in [2.75, 3.05) is 0 Å². The van der Waals surface area contributed by atoms with Gasteiger partial charge in [0.2, 0.25) is 0 Å². The molecule has 1 saturated carbocycles. The maximum absolute atomic E-state index is 13.0. The van der Waals surface area contributed by atoms with Gasteiger partial charge in [-0.05, 0) is 68.3 Å². The van der Waals surface area contributed by atoms with Crippen molar-refractivity contribution in [3.63, 3.8) is 0 Å². The van der Waals surface area contributed by atoms with Crippen molar-refractivity contribution in [3.05, 3.63) is 65.5 Å². The van der Waals surface area contributed by atoms with E-state index in [1.165, 1.54) is 30.7 Å². The summed E-state index contributed by atoms with van der Waals surface area (Å²) in [4.78, 5) is 24.7. The van der Waals surface area contributed by atoms with Crippen LogP contribution in [0.4, 0.5) is 4.39 Å². The van der Waals surface area contributed by atoms with E-state index in [9.17, 15) is 14.0 Å². The highest BCUT2D eigenvalue weighted by atomic mass is 19.1. The fraction of sp³-hybridized carbons (Fsp3) is 0.364. The minimum Gasteiger partial charge on any atom is -0.481 e. The topological polar surface area (TPSA) is 55.4 Å². The molecule has 0 heterocycles. The molecule has 3 rings (SSSR count). The summed E-state index contributed by atoms with van der Waals surface area (Å²) in [6.45, 7) is 1.72. The van der Waals surface area contributed by atoms with Gasteiger partial charge in [-0.15, -0.1) is 0 Å². The molecule has 1 aliphatic rings. The van der Waals surface area contributed by atoms with Crippen LogP contribution in [0.15, 0.2) is 48.5 Å². The van der Waals surface area contributed by atoms with Gasteiger partial charge < -0.3 is 10.1 Å². The van der Waals surface area contributed by atoms with E-state index in [0.29, 0.717) is 16.9 Å². The number of halogens is 1. The Bertz CT molecular complexity index is 780. The highest BCUT2D eigenvalue weighted by Crippen LogP contribution is 2.19. The van der Waals surface area contributed by atoms with Crippen LogP contribution in [-0.4, -0.2) is 23.8 Å². The van der Waals surface area contributed by atoms with E-state index >= 15 is 0 Å². The molecule has 1 fully saturated rings. The lowest BCUT2D eigenvalue weighted by atomic mass is 9.95. The van der Waals surface area contributed by atoms with Gasteiger partial charge in [0.05, 0.1) is 0 Å². The number of benzene rings is 2. The third-order valence-electron chi connectivity index (χ3n) is 4.86. The van der Waals surface area contributed by atoms with Crippen LogP contribution in [0.5, 0.6) is 5.75 Å². The Morgan fingerprint density at radius 3 is 2.11 bits per heavy atom. The standard InChI is InChI=1S/C22H24FNO3/c1-15(22(26)24-19-5-3-2-4-6-19)27-20-13-9-17(10-14-20)21(25)16-7-11-18(23)12-8-16/h7-15,19H,2-6H2,1H3,(H,24,26)/t15-/m0/s1. The zero-order chi connectivity index (χ0) is 19.2. The molecule has 0 aromatic heterocycles. The molecule has 1 N–H and O–H groups in total. The Kier molecular flexibility index (Phi) is 6.22. The fourth-order valence-electron chi connectivity index (χ4n) is 3.28. The van der Waals surface area contributed by atoms with Crippen LogP contribution in [0.1, 0.15) is 54.9 Å². The monoisotopic (exact) mass is 369 g/mol. The lowest BCUT2D eigenvalue weighted by Gasteiger charge is -2.24. The van der Waals surface area contributed by atoms with E-state index in [0.717, 1.165) is 25.7 Å². The fourth-order valence-corrected chi connectivity index (χ4v) is 3.28. The van der Waals surface area contributed by atoms with Gasteiger partial charge in [-0.2, -0.15) is 0 Å². The molecular formula is C22H24FNO3. The van der Waals surface area contributed by atoms with Gasteiger partial charge in [-0.1, -0.05) is 19.3 Å². The van der Waals surface area contributed by atoms with Crippen molar-refractivity contribution in [3.8, 4) is 5.75 Å². The number of carbonyl (C=O) groups excluding carboxylic acids is 2. The third-order valence-corrected chi connectivity index (χ3v) is 4.86. The largest absolute Gasteiger partial charge is 0.481 e. The maximum Gasteiger partial charge on any atom is 0.260 e. The number of rotatable bonds is 6. The second kappa shape index (κ2) is 8.80. The predicted molar refractivity (Wildman–Crippen MR) is 101 cm³/mol. The van der Waals surface area contributed by atoms with Gasteiger partial charge in [-0.25, -0.2) is 4.39 Å². The quantitative estimate of drug-likeness (QED) is 0.774. The molecular weight excluding hydrogens is 345 g/mol. The number of amides is 1. The third kappa shape index (κ3) is 5.16. The minimum absolute atomic E-state index is 0.117. The van der Waals surface area contributed by atoms with Gasteiger partial charge >= 0.3 is 0 Å². The molecule has 2 aromatic carbocycles. The molecule has 1 aliphatic carbocycles. The summed E-state index contributed by atoms with van der Waals surface area (Å²) in [6, 6.07) is 12.3. The summed E-state index contributed by atoms with van der Waals surface area (Å²) in [5, 5.41) is 3.05. The van der Waals surface area contributed by atoms with Crippen molar-refractivity contribution in [1.29, 1.82) is 0 Å². The Morgan fingerprint density at radius 2 is 1.52 bits per heavy atom. The number of ketones is 1. The van der Waals surface area contributed by atoms with Gasteiger partial charge in [0.1, 0.15) is 11.6 Å². The van der Waals surface area contributed by atoms with E-state index < -0.39 is 6.10 Å². The molecule has 0 aliphatic heterocycles. The number of hydrogen-bond acceptors (Lipinski definition) is 3. The molecule has 1 amide bonds. The molecule has 4 nitrogen and oxygen atoms in total. The van der Waals surface area contributed by atoms with Gasteiger partial charge in [0.15, 0.2) is 11.9 Å². The van der Waals surface area contributed by atoms with E-state index in [1.54, 1.807) is 31.2 Å². The van der Waals surface area contributed by atoms with Crippen LogP contribution in [0.25, 0.3) is 0 Å². The zero-order valence-electron chi connectivity index (χ0n) is 15.4. The van der Waals surface area contributed by atoms with Crippen molar-refractivity contribution < 1.29 is 18.7 Å². The average Bonchev–Trinajstić information content (AvgIpc) is 2.69.